The van der Waals surface area contributed by atoms with Gasteiger partial charge in [-0.1, -0.05) is 6.92 Å². The second kappa shape index (κ2) is 6.15. The minimum absolute atomic E-state index is 0.0501. The highest BCUT2D eigenvalue weighted by Crippen LogP contribution is 2.33. The van der Waals surface area contributed by atoms with Crippen LogP contribution in [-0.4, -0.2) is 47.1 Å². The Labute approximate surface area is 122 Å². The van der Waals surface area contributed by atoms with Gasteiger partial charge in [-0.25, -0.2) is 13.6 Å². The SMILES string of the molecule is CC1CN(C(=O)NC2CCC(C(=O)O)CC2)CCC1(F)F. The molecular weight excluding hydrogens is 282 g/mol. The highest BCUT2D eigenvalue weighted by molar-refractivity contribution is 5.75. The Hall–Kier alpha value is -1.40. The lowest BCUT2D eigenvalue weighted by atomic mass is 9.86. The van der Waals surface area contributed by atoms with E-state index in [0.29, 0.717) is 25.7 Å². The zero-order valence-corrected chi connectivity index (χ0v) is 12.1. The summed E-state index contributed by atoms with van der Waals surface area (Å²) >= 11 is 0. The minimum atomic E-state index is -2.70. The van der Waals surface area contributed by atoms with Crippen molar-refractivity contribution in [1.29, 1.82) is 0 Å². The van der Waals surface area contributed by atoms with E-state index >= 15 is 0 Å². The Morgan fingerprint density at radius 3 is 2.38 bits per heavy atom. The number of carbonyl (C=O) groups excluding carboxylic acids is 1. The van der Waals surface area contributed by atoms with E-state index in [2.05, 4.69) is 5.32 Å². The number of nitrogens with one attached hydrogen (secondary N) is 1. The number of carboxylic acids is 1. The van der Waals surface area contributed by atoms with Crippen molar-refractivity contribution in [3.05, 3.63) is 0 Å². The van der Waals surface area contributed by atoms with Crippen molar-refractivity contribution < 1.29 is 23.5 Å². The molecule has 1 aliphatic carbocycles. The van der Waals surface area contributed by atoms with Gasteiger partial charge in [0.1, 0.15) is 0 Å². The summed E-state index contributed by atoms with van der Waals surface area (Å²) in [4.78, 5) is 24.4. The van der Waals surface area contributed by atoms with Gasteiger partial charge in [0.25, 0.3) is 5.92 Å². The lowest BCUT2D eigenvalue weighted by Crippen LogP contribution is -2.53. The van der Waals surface area contributed by atoms with Crippen molar-refractivity contribution in [3.8, 4) is 0 Å². The number of urea groups is 1. The molecule has 0 aromatic heterocycles. The van der Waals surface area contributed by atoms with Crippen molar-refractivity contribution in [1.82, 2.24) is 10.2 Å². The Morgan fingerprint density at radius 1 is 1.24 bits per heavy atom. The third-order valence-corrected chi connectivity index (χ3v) is 4.62. The number of piperidine rings is 1. The van der Waals surface area contributed by atoms with Crippen LogP contribution in [0.1, 0.15) is 39.0 Å². The van der Waals surface area contributed by atoms with Gasteiger partial charge in [0.05, 0.1) is 5.92 Å². The first-order valence-corrected chi connectivity index (χ1v) is 7.45. The number of carboxylic acid groups (broad SMARTS) is 1. The molecule has 1 aliphatic heterocycles. The molecule has 1 saturated carbocycles. The van der Waals surface area contributed by atoms with E-state index in [-0.39, 0.29) is 37.5 Å². The minimum Gasteiger partial charge on any atom is -0.481 e. The summed E-state index contributed by atoms with van der Waals surface area (Å²) in [5, 5.41) is 11.8. The number of hydrogen-bond acceptors (Lipinski definition) is 2. The number of carbonyl (C=O) groups is 2. The molecule has 120 valence electrons. The second-order valence-electron chi connectivity index (χ2n) is 6.19. The number of likely N-dealkylation sites (tertiary alicyclic amines) is 1. The molecule has 2 rings (SSSR count). The van der Waals surface area contributed by atoms with Gasteiger partial charge in [0, 0.05) is 31.5 Å². The molecule has 1 saturated heterocycles. The Morgan fingerprint density at radius 2 is 1.86 bits per heavy atom. The molecule has 2 N–H and O–H groups in total. The first kappa shape index (κ1) is 16.0. The third kappa shape index (κ3) is 3.83. The van der Waals surface area contributed by atoms with Crippen LogP contribution in [0.25, 0.3) is 0 Å². The smallest absolute Gasteiger partial charge is 0.317 e. The summed E-state index contributed by atoms with van der Waals surface area (Å²) in [6.45, 7) is 1.58. The maximum Gasteiger partial charge on any atom is 0.317 e. The monoisotopic (exact) mass is 304 g/mol. The normalized spacial score (nSPS) is 32.5. The summed E-state index contributed by atoms with van der Waals surface area (Å²) < 4.78 is 26.8. The van der Waals surface area contributed by atoms with E-state index in [1.54, 1.807) is 0 Å². The van der Waals surface area contributed by atoms with Crippen LogP contribution in [-0.2, 0) is 4.79 Å². The fourth-order valence-corrected chi connectivity index (χ4v) is 3.02. The molecule has 0 aromatic rings. The predicted octanol–water partition coefficient (Wildman–Crippen LogP) is 2.32. The zero-order chi connectivity index (χ0) is 15.6. The Bertz CT molecular complexity index is 409. The van der Waals surface area contributed by atoms with Crippen molar-refractivity contribution >= 4 is 12.0 Å². The van der Waals surface area contributed by atoms with Gasteiger partial charge < -0.3 is 15.3 Å². The van der Waals surface area contributed by atoms with Crippen LogP contribution in [0.2, 0.25) is 0 Å². The molecule has 2 fully saturated rings. The number of hydrogen-bond donors (Lipinski definition) is 2. The van der Waals surface area contributed by atoms with Crippen LogP contribution in [0.5, 0.6) is 0 Å². The molecule has 0 bridgehead atoms. The highest BCUT2D eigenvalue weighted by Gasteiger charge is 2.42. The molecule has 0 aromatic carbocycles. The van der Waals surface area contributed by atoms with Crippen LogP contribution < -0.4 is 5.32 Å². The fraction of sp³-hybridized carbons (Fsp3) is 0.857. The average Bonchev–Trinajstić information content (AvgIpc) is 2.42. The summed E-state index contributed by atoms with van der Waals surface area (Å²) in [7, 11) is 0. The largest absolute Gasteiger partial charge is 0.481 e. The molecule has 1 atom stereocenters. The van der Waals surface area contributed by atoms with Gasteiger partial charge in [-0.2, -0.15) is 0 Å². The summed E-state index contributed by atoms with van der Waals surface area (Å²) in [5.74, 6) is -4.64. The van der Waals surface area contributed by atoms with Gasteiger partial charge >= 0.3 is 12.0 Å². The van der Waals surface area contributed by atoms with Crippen LogP contribution in [0, 0.1) is 11.8 Å². The Kier molecular flexibility index (Phi) is 4.68. The standard InChI is InChI=1S/C14H22F2N2O3/c1-9-8-18(7-6-14(9,15)16)13(21)17-11-4-2-10(3-5-11)12(19)20/h9-11H,2-8H2,1H3,(H,17,21)(H,19,20). The molecule has 2 amide bonds. The highest BCUT2D eigenvalue weighted by atomic mass is 19.3. The van der Waals surface area contributed by atoms with Crippen molar-refractivity contribution in [2.24, 2.45) is 11.8 Å². The number of amides is 2. The van der Waals surface area contributed by atoms with Crippen molar-refractivity contribution in [2.45, 2.75) is 51.0 Å². The van der Waals surface area contributed by atoms with Gasteiger partial charge in [0.15, 0.2) is 0 Å². The van der Waals surface area contributed by atoms with E-state index in [1.165, 1.54) is 11.8 Å². The molecule has 7 heteroatoms. The fourth-order valence-electron chi connectivity index (χ4n) is 3.02. The van der Waals surface area contributed by atoms with Crippen LogP contribution >= 0.6 is 0 Å². The van der Waals surface area contributed by atoms with Gasteiger partial charge in [-0.3, -0.25) is 4.79 Å². The lowest BCUT2D eigenvalue weighted by Gasteiger charge is -2.37. The second-order valence-corrected chi connectivity index (χ2v) is 6.19. The van der Waals surface area contributed by atoms with Crippen molar-refractivity contribution in [2.75, 3.05) is 13.1 Å². The first-order chi connectivity index (χ1) is 9.79. The summed E-state index contributed by atoms with van der Waals surface area (Å²) in [6, 6.07) is -0.359. The zero-order valence-electron chi connectivity index (χ0n) is 12.1. The maximum atomic E-state index is 13.4. The molecule has 0 radical (unpaired) electrons. The number of nitrogens with zero attached hydrogens (tertiary/aromatic N) is 1. The van der Waals surface area contributed by atoms with E-state index in [9.17, 15) is 18.4 Å². The number of rotatable bonds is 2. The summed E-state index contributed by atoms with van der Waals surface area (Å²) in [6.07, 6.45) is 2.06. The van der Waals surface area contributed by atoms with E-state index in [4.69, 9.17) is 5.11 Å². The van der Waals surface area contributed by atoms with Crippen LogP contribution in [0.4, 0.5) is 13.6 Å². The molecule has 5 nitrogen and oxygen atoms in total. The van der Waals surface area contributed by atoms with E-state index in [1.807, 2.05) is 0 Å². The van der Waals surface area contributed by atoms with Crippen LogP contribution in [0.15, 0.2) is 0 Å². The molecule has 1 heterocycles. The lowest BCUT2D eigenvalue weighted by molar-refractivity contribution is -0.142. The number of halogens is 2. The molecule has 0 spiro atoms. The molecule has 1 unspecified atom stereocenters. The van der Waals surface area contributed by atoms with E-state index in [0.717, 1.165) is 0 Å². The van der Waals surface area contributed by atoms with Gasteiger partial charge in [-0.05, 0) is 25.7 Å². The topological polar surface area (TPSA) is 69.6 Å². The first-order valence-electron chi connectivity index (χ1n) is 7.45. The summed E-state index contributed by atoms with van der Waals surface area (Å²) in [5.41, 5.74) is 0. The predicted molar refractivity (Wildman–Crippen MR) is 72.2 cm³/mol. The quantitative estimate of drug-likeness (QED) is 0.822. The maximum absolute atomic E-state index is 13.4. The average molecular weight is 304 g/mol. The Balaban J connectivity index is 1.79. The van der Waals surface area contributed by atoms with Crippen molar-refractivity contribution in [3.63, 3.8) is 0 Å². The molecular formula is C14H22F2N2O3. The van der Waals surface area contributed by atoms with Gasteiger partial charge in [-0.15, -0.1) is 0 Å². The molecule has 21 heavy (non-hydrogen) atoms. The number of aliphatic carboxylic acids is 1. The van der Waals surface area contributed by atoms with Crippen LogP contribution in [0.3, 0.4) is 0 Å². The van der Waals surface area contributed by atoms with Gasteiger partial charge in [0.2, 0.25) is 0 Å². The number of alkyl halides is 2. The van der Waals surface area contributed by atoms with E-state index < -0.39 is 17.8 Å². The third-order valence-electron chi connectivity index (χ3n) is 4.62. The molecule has 2 aliphatic rings.